The molecule has 0 fully saturated rings. The summed E-state index contributed by atoms with van der Waals surface area (Å²) in [6, 6.07) is 0. The molecule has 0 aromatic carbocycles. The van der Waals surface area contributed by atoms with Gasteiger partial charge in [0, 0.05) is 13.1 Å². The molecule has 0 spiro atoms. The summed E-state index contributed by atoms with van der Waals surface area (Å²) in [5, 5.41) is 15.3. The van der Waals surface area contributed by atoms with Crippen molar-refractivity contribution in [1.82, 2.24) is 10.6 Å². The van der Waals surface area contributed by atoms with Gasteiger partial charge >= 0.3 is 0 Å². The first kappa shape index (κ1) is 26.9. The Labute approximate surface area is 177 Å². The number of aliphatic hydroxyl groups is 1. The van der Waals surface area contributed by atoms with E-state index in [-0.39, 0.29) is 12.3 Å². The van der Waals surface area contributed by atoms with Crippen LogP contribution in [0.25, 0.3) is 0 Å². The quantitative estimate of drug-likeness (QED) is 0.399. The molecule has 0 heterocycles. The predicted octanol–water partition coefficient (Wildman–Crippen LogP) is 4.36. The normalized spacial score (nSPS) is 12.8. The predicted molar refractivity (Wildman–Crippen MR) is 121 cm³/mol. The van der Waals surface area contributed by atoms with Crippen LogP contribution in [-0.4, -0.2) is 36.1 Å². The molecule has 2 amide bonds. The fraction of sp³-hybridized carbons (Fsp3) is 0.583. The van der Waals surface area contributed by atoms with Crippen LogP contribution in [0.15, 0.2) is 46.6 Å². The van der Waals surface area contributed by atoms with Crippen molar-refractivity contribution in [3.63, 3.8) is 0 Å². The Morgan fingerprint density at radius 3 is 1.66 bits per heavy atom. The first-order valence-electron chi connectivity index (χ1n) is 10.4. The average molecular weight is 405 g/mol. The third-order valence-corrected chi connectivity index (χ3v) is 4.34. The lowest BCUT2D eigenvalue weighted by Crippen LogP contribution is -2.38. The minimum atomic E-state index is -1.34. The van der Waals surface area contributed by atoms with Crippen LogP contribution in [0.3, 0.4) is 0 Å². The number of nitrogens with one attached hydrogen (secondary N) is 2. The molecule has 0 saturated heterocycles. The van der Waals surface area contributed by atoms with Gasteiger partial charge in [-0.15, -0.1) is 0 Å². The van der Waals surface area contributed by atoms with Crippen molar-refractivity contribution < 1.29 is 14.7 Å². The van der Waals surface area contributed by atoms with Gasteiger partial charge in [0.1, 0.15) is 6.10 Å². The van der Waals surface area contributed by atoms with Crippen LogP contribution in [0.2, 0.25) is 0 Å². The number of rotatable bonds is 13. The van der Waals surface area contributed by atoms with Crippen LogP contribution in [-0.2, 0) is 9.59 Å². The first-order chi connectivity index (χ1) is 13.6. The van der Waals surface area contributed by atoms with Gasteiger partial charge in [0.2, 0.25) is 11.8 Å². The van der Waals surface area contributed by atoms with E-state index < -0.39 is 12.0 Å². The van der Waals surface area contributed by atoms with Crippen molar-refractivity contribution in [3.05, 3.63) is 46.6 Å². The Bertz CT molecular complexity index is 635. The Balaban J connectivity index is 4.13. The van der Waals surface area contributed by atoms with Gasteiger partial charge in [-0.3, -0.25) is 9.59 Å². The monoisotopic (exact) mass is 404 g/mol. The summed E-state index contributed by atoms with van der Waals surface area (Å²) < 4.78 is 0. The fourth-order valence-corrected chi connectivity index (χ4v) is 2.50. The minimum Gasteiger partial charge on any atom is -0.383 e. The number of carbonyl (C=O) groups excluding carboxylic acids is 2. The third-order valence-electron chi connectivity index (χ3n) is 4.34. The molecule has 0 aliphatic carbocycles. The zero-order chi connectivity index (χ0) is 22.2. The van der Waals surface area contributed by atoms with Gasteiger partial charge in [0.15, 0.2) is 0 Å². The number of aliphatic hydroxyl groups excluding tert-OH is 1. The SMILES string of the molecule is CC(C)=CCCC(C)=CCNC(=O)CC(O)C(=O)NCC=C(C)CCC=C(C)C. The maximum absolute atomic E-state index is 11.9. The molecule has 164 valence electrons. The molecule has 0 aliphatic heterocycles. The summed E-state index contributed by atoms with van der Waals surface area (Å²) in [7, 11) is 0. The van der Waals surface area contributed by atoms with Crippen molar-refractivity contribution in [1.29, 1.82) is 0 Å². The van der Waals surface area contributed by atoms with E-state index in [1.165, 1.54) is 22.3 Å². The molecule has 3 N–H and O–H groups in total. The van der Waals surface area contributed by atoms with Crippen molar-refractivity contribution in [2.45, 2.75) is 79.8 Å². The Kier molecular flexibility index (Phi) is 14.6. The molecule has 0 aliphatic rings. The van der Waals surface area contributed by atoms with E-state index in [4.69, 9.17) is 0 Å². The lowest BCUT2D eigenvalue weighted by Gasteiger charge is -2.10. The standard InChI is InChI=1S/C24H40N2O3/c1-18(2)9-7-11-20(5)13-15-25-23(28)17-22(27)24(29)26-16-14-21(6)12-8-10-19(3)4/h9-10,13-14,22,27H,7-8,11-12,15-17H2,1-6H3,(H,25,28)(H,26,29). The summed E-state index contributed by atoms with van der Waals surface area (Å²) in [5.41, 5.74) is 4.98. The average Bonchev–Trinajstić information content (AvgIpc) is 2.60. The van der Waals surface area contributed by atoms with E-state index in [1.54, 1.807) is 0 Å². The minimum absolute atomic E-state index is 0.236. The molecular formula is C24H40N2O3. The van der Waals surface area contributed by atoms with E-state index >= 15 is 0 Å². The number of hydrogen-bond acceptors (Lipinski definition) is 3. The molecule has 0 aromatic heterocycles. The smallest absolute Gasteiger partial charge is 0.249 e. The Morgan fingerprint density at radius 1 is 0.759 bits per heavy atom. The molecule has 29 heavy (non-hydrogen) atoms. The highest BCUT2D eigenvalue weighted by Crippen LogP contribution is 2.07. The van der Waals surface area contributed by atoms with Gasteiger partial charge in [-0.1, -0.05) is 46.6 Å². The molecule has 0 saturated carbocycles. The second-order valence-electron chi connectivity index (χ2n) is 8.01. The molecule has 5 heteroatoms. The molecule has 0 rings (SSSR count). The highest BCUT2D eigenvalue weighted by atomic mass is 16.3. The topological polar surface area (TPSA) is 78.4 Å². The summed E-state index contributed by atoms with van der Waals surface area (Å²) in [5.74, 6) is -0.864. The van der Waals surface area contributed by atoms with Crippen molar-refractivity contribution in [3.8, 4) is 0 Å². The van der Waals surface area contributed by atoms with Crippen molar-refractivity contribution in [2.75, 3.05) is 13.1 Å². The van der Waals surface area contributed by atoms with Gasteiger partial charge in [0.05, 0.1) is 6.42 Å². The Morgan fingerprint density at radius 2 is 1.21 bits per heavy atom. The summed E-state index contributed by atoms with van der Waals surface area (Å²) in [4.78, 5) is 23.8. The molecule has 0 aromatic rings. The van der Waals surface area contributed by atoms with E-state index in [2.05, 4.69) is 50.5 Å². The largest absolute Gasteiger partial charge is 0.383 e. The lowest BCUT2D eigenvalue weighted by atomic mass is 10.1. The molecule has 1 atom stereocenters. The summed E-state index contributed by atoms with van der Waals surface area (Å²) in [6.45, 7) is 13.1. The molecule has 0 radical (unpaired) electrons. The zero-order valence-corrected chi connectivity index (χ0v) is 19.1. The molecular weight excluding hydrogens is 364 g/mol. The van der Waals surface area contributed by atoms with E-state index in [1.807, 2.05) is 26.0 Å². The molecule has 5 nitrogen and oxygen atoms in total. The van der Waals surface area contributed by atoms with Crippen LogP contribution < -0.4 is 10.6 Å². The molecule has 0 bridgehead atoms. The third kappa shape index (κ3) is 16.5. The first-order valence-corrected chi connectivity index (χ1v) is 10.4. The van der Waals surface area contributed by atoms with Gasteiger partial charge in [-0.25, -0.2) is 0 Å². The van der Waals surface area contributed by atoms with Crippen LogP contribution >= 0.6 is 0 Å². The van der Waals surface area contributed by atoms with Crippen LogP contribution in [0.4, 0.5) is 0 Å². The van der Waals surface area contributed by atoms with Gasteiger partial charge in [-0.05, 0) is 67.2 Å². The van der Waals surface area contributed by atoms with E-state index in [9.17, 15) is 14.7 Å². The van der Waals surface area contributed by atoms with Gasteiger partial charge < -0.3 is 15.7 Å². The van der Waals surface area contributed by atoms with Crippen LogP contribution in [0.1, 0.15) is 73.6 Å². The fourth-order valence-electron chi connectivity index (χ4n) is 2.50. The maximum Gasteiger partial charge on any atom is 0.249 e. The summed E-state index contributed by atoms with van der Waals surface area (Å²) in [6.07, 6.45) is 10.5. The second kappa shape index (κ2) is 15.7. The highest BCUT2D eigenvalue weighted by Gasteiger charge is 2.17. The number of allylic oxidation sites excluding steroid dienone is 6. The second-order valence-corrected chi connectivity index (χ2v) is 8.01. The number of amides is 2. The van der Waals surface area contributed by atoms with Gasteiger partial charge in [-0.2, -0.15) is 0 Å². The Hall–Kier alpha value is -2.14. The van der Waals surface area contributed by atoms with Gasteiger partial charge in [0.25, 0.3) is 0 Å². The number of hydrogen-bond donors (Lipinski definition) is 3. The summed E-state index contributed by atoms with van der Waals surface area (Å²) >= 11 is 0. The van der Waals surface area contributed by atoms with Crippen LogP contribution in [0.5, 0.6) is 0 Å². The molecule has 1 unspecified atom stereocenters. The van der Waals surface area contributed by atoms with E-state index in [0.717, 1.165) is 25.7 Å². The highest BCUT2D eigenvalue weighted by molar-refractivity contribution is 5.87. The van der Waals surface area contributed by atoms with Crippen molar-refractivity contribution in [2.24, 2.45) is 0 Å². The maximum atomic E-state index is 11.9. The zero-order valence-electron chi connectivity index (χ0n) is 19.1. The van der Waals surface area contributed by atoms with E-state index in [0.29, 0.717) is 13.1 Å². The number of carbonyl (C=O) groups is 2. The van der Waals surface area contributed by atoms with Crippen LogP contribution in [0, 0.1) is 0 Å². The lowest BCUT2D eigenvalue weighted by molar-refractivity contribution is -0.134. The van der Waals surface area contributed by atoms with Crippen molar-refractivity contribution >= 4 is 11.8 Å².